The molecule has 0 aliphatic rings. The summed E-state index contributed by atoms with van der Waals surface area (Å²) >= 11 is 1.55. The normalized spacial score (nSPS) is 9.67. The van der Waals surface area contributed by atoms with Gasteiger partial charge < -0.3 is 22.6 Å². The van der Waals surface area contributed by atoms with Gasteiger partial charge in [0.15, 0.2) is 11.5 Å². The number of halogens is 1. The molecule has 0 aliphatic carbocycles. The molecule has 80 valence electrons. The number of hydrogen-bond donors (Lipinski definition) is 2. The topological polar surface area (TPSA) is 53.4 Å². The van der Waals surface area contributed by atoms with Gasteiger partial charge in [-0.05, 0) is 25.1 Å². The van der Waals surface area contributed by atoms with E-state index in [1.807, 2.05) is 12.3 Å². The SMILES string of the molecule is Cc1nc(-c2ccc(O)c(O)c2)cs1.[Cl-]. The van der Waals surface area contributed by atoms with E-state index in [0.29, 0.717) is 0 Å². The van der Waals surface area contributed by atoms with E-state index in [0.717, 1.165) is 16.3 Å². The fourth-order valence-electron chi connectivity index (χ4n) is 1.18. The van der Waals surface area contributed by atoms with Gasteiger partial charge in [-0.2, -0.15) is 0 Å². The maximum atomic E-state index is 9.29. The first-order valence-corrected chi connectivity index (χ1v) is 4.99. The summed E-state index contributed by atoms with van der Waals surface area (Å²) in [6.07, 6.45) is 0. The predicted molar refractivity (Wildman–Crippen MR) is 55.6 cm³/mol. The van der Waals surface area contributed by atoms with Gasteiger partial charge >= 0.3 is 0 Å². The smallest absolute Gasteiger partial charge is 0.158 e. The Morgan fingerprint density at radius 1 is 1.20 bits per heavy atom. The summed E-state index contributed by atoms with van der Waals surface area (Å²) in [4.78, 5) is 4.28. The zero-order chi connectivity index (χ0) is 10.1. The standard InChI is InChI=1S/C10H9NO2S.ClH/c1-6-11-8(5-14-6)7-2-3-9(12)10(13)4-7;/h2-5,12-13H,1H3;1H/p-1. The highest BCUT2D eigenvalue weighted by Gasteiger charge is 2.05. The van der Waals surface area contributed by atoms with Crippen molar-refractivity contribution in [2.24, 2.45) is 0 Å². The highest BCUT2D eigenvalue weighted by molar-refractivity contribution is 7.09. The number of benzene rings is 1. The van der Waals surface area contributed by atoms with Crippen LogP contribution in [0.15, 0.2) is 23.6 Å². The van der Waals surface area contributed by atoms with Crippen LogP contribution in [0.5, 0.6) is 11.5 Å². The minimum atomic E-state index is -0.117. The Labute approximate surface area is 97.5 Å². The molecule has 2 aromatic rings. The zero-order valence-corrected chi connectivity index (χ0v) is 9.51. The van der Waals surface area contributed by atoms with E-state index < -0.39 is 0 Å². The molecule has 1 aromatic heterocycles. The second-order valence-electron chi connectivity index (χ2n) is 2.96. The number of phenols is 2. The lowest BCUT2D eigenvalue weighted by Crippen LogP contribution is -3.00. The minimum Gasteiger partial charge on any atom is -1.00 e. The Morgan fingerprint density at radius 2 is 1.93 bits per heavy atom. The summed E-state index contributed by atoms with van der Waals surface area (Å²) in [6.45, 7) is 1.93. The molecule has 3 nitrogen and oxygen atoms in total. The number of nitrogens with zero attached hydrogens (tertiary/aromatic N) is 1. The highest BCUT2D eigenvalue weighted by atomic mass is 35.5. The van der Waals surface area contributed by atoms with Gasteiger partial charge in [0.2, 0.25) is 0 Å². The molecule has 1 heterocycles. The molecule has 2 N–H and O–H groups in total. The van der Waals surface area contributed by atoms with Crippen LogP contribution in [0.2, 0.25) is 0 Å². The Balaban J connectivity index is 0.00000112. The van der Waals surface area contributed by atoms with Gasteiger partial charge in [-0.25, -0.2) is 4.98 Å². The summed E-state index contributed by atoms with van der Waals surface area (Å²) in [5.41, 5.74) is 1.63. The molecule has 5 heteroatoms. The summed E-state index contributed by atoms with van der Waals surface area (Å²) in [6, 6.07) is 4.69. The Kier molecular flexibility index (Phi) is 3.55. The van der Waals surface area contributed by atoms with Crippen molar-refractivity contribution in [2.75, 3.05) is 0 Å². The van der Waals surface area contributed by atoms with E-state index in [1.165, 1.54) is 12.1 Å². The molecular formula is C10H9ClNO2S-. The molecule has 0 amide bonds. The van der Waals surface area contributed by atoms with Crippen molar-refractivity contribution < 1.29 is 22.6 Å². The number of aryl methyl sites for hydroxylation is 1. The third kappa shape index (κ3) is 2.40. The van der Waals surface area contributed by atoms with Gasteiger partial charge in [-0.15, -0.1) is 11.3 Å². The lowest BCUT2D eigenvalue weighted by Gasteiger charge is -1.99. The Hall–Kier alpha value is -1.26. The average molecular weight is 243 g/mol. The van der Waals surface area contributed by atoms with Gasteiger partial charge in [0, 0.05) is 10.9 Å². The molecule has 1 aromatic carbocycles. The first-order valence-electron chi connectivity index (χ1n) is 4.11. The van der Waals surface area contributed by atoms with E-state index in [9.17, 15) is 5.11 Å². The van der Waals surface area contributed by atoms with Crippen molar-refractivity contribution in [1.82, 2.24) is 4.98 Å². The molecule has 0 saturated carbocycles. The molecule has 15 heavy (non-hydrogen) atoms. The fraction of sp³-hybridized carbons (Fsp3) is 0.100. The third-order valence-corrected chi connectivity index (χ3v) is 2.66. The lowest BCUT2D eigenvalue weighted by molar-refractivity contribution is -0.00000466. The number of hydrogen-bond acceptors (Lipinski definition) is 4. The first kappa shape index (κ1) is 11.8. The molecule has 0 unspecified atom stereocenters. The average Bonchev–Trinajstić information content (AvgIpc) is 2.57. The van der Waals surface area contributed by atoms with E-state index in [1.54, 1.807) is 17.4 Å². The zero-order valence-electron chi connectivity index (χ0n) is 7.94. The van der Waals surface area contributed by atoms with Crippen molar-refractivity contribution in [3.05, 3.63) is 28.6 Å². The second-order valence-corrected chi connectivity index (χ2v) is 4.02. The number of rotatable bonds is 1. The minimum absolute atomic E-state index is 0. The van der Waals surface area contributed by atoms with Gasteiger partial charge in [0.05, 0.1) is 10.7 Å². The van der Waals surface area contributed by atoms with Crippen LogP contribution in [0.3, 0.4) is 0 Å². The third-order valence-electron chi connectivity index (χ3n) is 1.89. The van der Waals surface area contributed by atoms with Gasteiger partial charge in [0.1, 0.15) is 0 Å². The van der Waals surface area contributed by atoms with E-state index >= 15 is 0 Å². The van der Waals surface area contributed by atoms with Crippen LogP contribution in [0.1, 0.15) is 5.01 Å². The summed E-state index contributed by atoms with van der Waals surface area (Å²) < 4.78 is 0. The molecule has 0 saturated heterocycles. The van der Waals surface area contributed by atoms with Gasteiger partial charge in [-0.3, -0.25) is 0 Å². The Morgan fingerprint density at radius 3 is 2.47 bits per heavy atom. The molecule has 0 aliphatic heterocycles. The van der Waals surface area contributed by atoms with Crippen molar-refractivity contribution in [3.8, 4) is 22.8 Å². The van der Waals surface area contributed by atoms with Gasteiger partial charge in [-0.1, -0.05) is 0 Å². The van der Waals surface area contributed by atoms with Crippen molar-refractivity contribution in [2.45, 2.75) is 6.92 Å². The summed E-state index contributed by atoms with van der Waals surface area (Å²) in [7, 11) is 0. The van der Waals surface area contributed by atoms with Crippen molar-refractivity contribution in [1.29, 1.82) is 0 Å². The number of aromatic nitrogens is 1. The first-order chi connectivity index (χ1) is 6.66. The highest BCUT2D eigenvalue weighted by Crippen LogP contribution is 2.30. The summed E-state index contributed by atoms with van der Waals surface area (Å²) in [5.74, 6) is -0.228. The van der Waals surface area contributed by atoms with Crippen LogP contribution >= 0.6 is 11.3 Å². The quantitative estimate of drug-likeness (QED) is 0.665. The van der Waals surface area contributed by atoms with Crippen LogP contribution in [-0.2, 0) is 0 Å². The van der Waals surface area contributed by atoms with Crippen molar-refractivity contribution >= 4 is 11.3 Å². The van der Waals surface area contributed by atoms with E-state index in [2.05, 4.69) is 4.98 Å². The van der Waals surface area contributed by atoms with Gasteiger partial charge in [0.25, 0.3) is 0 Å². The van der Waals surface area contributed by atoms with Crippen LogP contribution in [0.25, 0.3) is 11.3 Å². The van der Waals surface area contributed by atoms with Crippen LogP contribution < -0.4 is 12.4 Å². The van der Waals surface area contributed by atoms with Crippen LogP contribution in [-0.4, -0.2) is 15.2 Å². The number of thiazole rings is 1. The molecule has 0 spiro atoms. The van der Waals surface area contributed by atoms with Crippen LogP contribution in [0.4, 0.5) is 0 Å². The molecule has 0 fully saturated rings. The molecular weight excluding hydrogens is 234 g/mol. The monoisotopic (exact) mass is 242 g/mol. The summed E-state index contributed by atoms with van der Waals surface area (Å²) in [5, 5.41) is 21.3. The van der Waals surface area contributed by atoms with Crippen molar-refractivity contribution in [3.63, 3.8) is 0 Å². The Bertz CT molecular complexity index is 470. The fourth-order valence-corrected chi connectivity index (χ4v) is 1.80. The van der Waals surface area contributed by atoms with Crippen LogP contribution in [0, 0.1) is 6.92 Å². The van der Waals surface area contributed by atoms with E-state index in [4.69, 9.17) is 5.11 Å². The second kappa shape index (κ2) is 4.51. The number of phenolic OH excluding ortho intramolecular Hbond substituents is 2. The molecule has 0 radical (unpaired) electrons. The van der Waals surface area contributed by atoms with E-state index in [-0.39, 0.29) is 23.9 Å². The molecule has 0 atom stereocenters. The molecule has 2 rings (SSSR count). The number of aromatic hydroxyl groups is 2. The predicted octanol–water partition coefficient (Wildman–Crippen LogP) is -0.466. The maximum absolute atomic E-state index is 9.29. The maximum Gasteiger partial charge on any atom is 0.158 e. The lowest BCUT2D eigenvalue weighted by atomic mass is 10.1. The molecule has 0 bridgehead atoms. The largest absolute Gasteiger partial charge is 1.00 e.